The van der Waals surface area contributed by atoms with E-state index in [1.165, 1.54) is 63.1 Å². The smallest absolute Gasteiger partial charge is 0.00313 e. The van der Waals surface area contributed by atoms with E-state index in [1.54, 1.807) is 0 Å². The Bertz CT molecular complexity index is 95.2. The summed E-state index contributed by atoms with van der Waals surface area (Å²) in [6.07, 6.45) is 13.3. The van der Waals surface area contributed by atoms with Crippen LogP contribution in [0.1, 0.15) is 57.8 Å². The highest BCUT2D eigenvalue weighted by Gasteiger charge is 2.11. The van der Waals surface area contributed by atoms with E-state index in [0.29, 0.717) is 0 Å². The second-order valence-corrected chi connectivity index (χ2v) is 4.84. The molecule has 0 nitrogen and oxygen atoms in total. The van der Waals surface area contributed by atoms with Crippen molar-refractivity contribution in [3.05, 3.63) is 0 Å². The largest absolute Gasteiger partial charge is 0.0928 e. The lowest BCUT2D eigenvalue weighted by Gasteiger charge is -2.21. The van der Waals surface area contributed by atoms with Gasteiger partial charge in [-0.15, -0.1) is 0 Å². The molecule has 0 N–H and O–H groups in total. The normalized spacial score (nSPS) is 19.8. The van der Waals surface area contributed by atoms with Crippen LogP contribution < -0.4 is 0 Å². The van der Waals surface area contributed by atoms with Crippen LogP contribution in [0.25, 0.3) is 0 Å². The van der Waals surface area contributed by atoms with Crippen LogP contribution in [-0.2, 0) is 0 Å². The molecule has 0 radical (unpaired) electrons. The predicted octanol–water partition coefficient (Wildman–Crippen LogP) is 4.52. The summed E-state index contributed by atoms with van der Waals surface area (Å²) in [5.74, 6) is 1.09. The lowest BCUT2D eigenvalue weighted by Crippen LogP contribution is -2.05. The van der Waals surface area contributed by atoms with Gasteiger partial charge in [0, 0.05) is 5.33 Å². The van der Waals surface area contributed by atoms with Gasteiger partial charge in [-0.1, -0.05) is 67.3 Å². The Hall–Kier alpha value is 0.480. The van der Waals surface area contributed by atoms with Gasteiger partial charge in [-0.2, -0.15) is 0 Å². The van der Waals surface area contributed by atoms with E-state index in [4.69, 9.17) is 0 Å². The van der Waals surface area contributed by atoms with Crippen molar-refractivity contribution in [2.75, 3.05) is 5.33 Å². The van der Waals surface area contributed by atoms with E-state index < -0.39 is 0 Å². The summed E-state index contributed by atoms with van der Waals surface area (Å²) in [5, 5.41) is 1.19. The average molecular weight is 233 g/mol. The maximum absolute atomic E-state index is 3.48. The first-order valence-corrected chi connectivity index (χ1v) is 6.61. The Morgan fingerprint density at radius 3 is 2.33 bits per heavy atom. The number of hydrogen-bond donors (Lipinski definition) is 0. The lowest BCUT2D eigenvalue weighted by atomic mass is 9.86. The predicted molar refractivity (Wildman–Crippen MR) is 58.8 cm³/mol. The molecule has 1 aliphatic rings. The standard InChI is InChI=1S/C11H21Br/c12-10-6-2-5-9-11-7-3-1-4-8-11/h11H,1-10H2. The van der Waals surface area contributed by atoms with Crippen LogP contribution in [0.2, 0.25) is 0 Å². The minimum atomic E-state index is 1.09. The van der Waals surface area contributed by atoms with Crippen molar-refractivity contribution >= 4 is 15.9 Å². The van der Waals surface area contributed by atoms with E-state index >= 15 is 0 Å². The van der Waals surface area contributed by atoms with E-state index in [-0.39, 0.29) is 0 Å². The van der Waals surface area contributed by atoms with Crippen molar-refractivity contribution in [1.82, 2.24) is 0 Å². The fourth-order valence-electron chi connectivity index (χ4n) is 2.18. The van der Waals surface area contributed by atoms with Gasteiger partial charge in [-0.25, -0.2) is 0 Å². The first kappa shape index (κ1) is 10.6. The van der Waals surface area contributed by atoms with Crippen LogP contribution in [0.4, 0.5) is 0 Å². The molecule has 0 aromatic heterocycles. The Morgan fingerprint density at radius 2 is 1.67 bits per heavy atom. The zero-order valence-corrected chi connectivity index (χ0v) is 9.61. The van der Waals surface area contributed by atoms with Gasteiger partial charge in [0.15, 0.2) is 0 Å². The van der Waals surface area contributed by atoms with E-state index in [0.717, 1.165) is 5.92 Å². The molecule has 0 aromatic rings. The van der Waals surface area contributed by atoms with Gasteiger partial charge >= 0.3 is 0 Å². The van der Waals surface area contributed by atoms with Gasteiger partial charge in [-0.05, 0) is 12.3 Å². The second-order valence-electron chi connectivity index (χ2n) is 4.04. The van der Waals surface area contributed by atoms with Crippen molar-refractivity contribution in [3.8, 4) is 0 Å². The molecule has 0 heterocycles. The molecule has 0 atom stereocenters. The minimum absolute atomic E-state index is 1.09. The third-order valence-electron chi connectivity index (χ3n) is 2.97. The van der Waals surface area contributed by atoms with Gasteiger partial charge < -0.3 is 0 Å². The van der Waals surface area contributed by atoms with E-state index in [1.807, 2.05) is 0 Å². The number of unbranched alkanes of at least 4 members (excludes halogenated alkanes) is 2. The summed E-state index contributed by atoms with van der Waals surface area (Å²) in [7, 11) is 0. The van der Waals surface area contributed by atoms with Crippen LogP contribution in [0, 0.1) is 5.92 Å². The highest BCUT2D eigenvalue weighted by atomic mass is 79.9. The molecule has 0 aromatic carbocycles. The molecular formula is C11H21Br. The Morgan fingerprint density at radius 1 is 0.917 bits per heavy atom. The average Bonchev–Trinajstić information content (AvgIpc) is 2.14. The summed E-state index contributed by atoms with van der Waals surface area (Å²) in [6.45, 7) is 0. The fraction of sp³-hybridized carbons (Fsp3) is 1.00. The monoisotopic (exact) mass is 232 g/mol. The van der Waals surface area contributed by atoms with Crippen molar-refractivity contribution in [3.63, 3.8) is 0 Å². The second kappa shape index (κ2) is 6.94. The van der Waals surface area contributed by atoms with E-state index in [2.05, 4.69) is 15.9 Å². The van der Waals surface area contributed by atoms with Crippen LogP contribution in [0.3, 0.4) is 0 Å². The summed E-state index contributed by atoms with van der Waals surface area (Å²) < 4.78 is 0. The molecule has 0 spiro atoms. The zero-order valence-electron chi connectivity index (χ0n) is 8.03. The van der Waals surface area contributed by atoms with Gasteiger partial charge in [0.2, 0.25) is 0 Å². The molecule has 0 unspecified atom stereocenters. The molecular weight excluding hydrogens is 212 g/mol. The fourth-order valence-corrected chi connectivity index (χ4v) is 2.58. The van der Waals surface area contributed by atoms with E-state index in [9.17, 15) is 0 Å². The van der Waals surface area contributed by atoms with Gasteiger partial charge in [-0.3, -0.25) is 0 Å². The first-order valence-electron chi connectivity index (χ1n) is 5.49. The molecule has 1 heteroatoms. The van der Waals surface area contributed by atoms with Crippen LogP contribution in [-0.4, -0.2) is 5.33 Å². The number of rotatable bonds is 5. The Kier molecular flexibility index (Phi) is 6.11. The molecule has 0 aliphatic heterocycles. The molecule has 1 saturated carbocycles. The topological polar surface area (TPSA) is 0 Å². The maximum atomic E-state index is 3.48. The molecule has 0 saturated heterocycles. The summed E-state index contributed by atoms with van der Waals surface area (Å²) >= 11 is 3.48. The highest BCUT2D eigenvalue weighted by Crippen LogP contribution is 2.27. The van der Waals surface area contributed by atoms with Crippen LogP contribution in [0.15, 0.2) is 0 Å². The molecule has 0 bridgehead atoms. The maximum Gasteiger partial charge on any atom is 0.00313 e. The number of halogens is 1. The summed E-state index contributed by atoms with van der Waals surface area (Å²) in [6, 6.07) is 0. The zero-order chi connectivity index (χ0) is 8.65. The van der Waals surface area contributed by atoms with Gasteiger partial charge in [0.1, 0.15) is 0 Å². The first-order chi connectivity index (χ1) is 5.93. The Balaban J connectivity index is 1.91. The molecule has 1 rings (SSSR count). The number of hydrogen-bond acceptors (Lipinski definition) is 0. The quantitative estimate of drug-likeness (QED) is 0.483. The SMILES string of the molecule is BrCCCCCC1CCCCC1. The van der Waals surface area contributed by atoms with Crippen LogP contribution >= 0.6 is 15.9 Å². The summed E-state index contributed by atoms with van der Waals surface area (Å²) in [4.78, 5) is 0. The Labute approximate surface area is 85.3 Å². The van der Waals surface area contributed by atoms with Gasteiger partial charge in [0.05, 0.1) is 0 Å². The summed E-state index contributed by atoms with van der Waals surface area (Å²) in [5.41, 5.74) is 0. The number of alkyl halides is 1. The minimum Gasteiger partial charge on any atom is -0.0928 e. The highest BCUT2D eigenvalue weighted by molar-refractivity contribution is 9.09. The molecule has 72 valence electrons. The van der Waals surface area contributed by atoms with Crippen molar-refractivity contribution in [1.29, 1.82) is 0 Å². The molecule has 1 aliphatic carbocycles. The van der Waals surface area contributed by atoms with Gasteiger partial charge in [0.25, 0.3) is 0 Å². The third kappa shape index (κ3) is 4.49. The van der Waals surface area contributed by atoms with Crippen molar-refractivity contribution in [2.24, 2.45) is 5.92 Å². The van der Waals surface area contributed by atoms with Crippen molar-refractivity contribution in [2.45, 2.75) is 57.8 Å². The molecule has 1 fully saturated rings. The van der Waals surface area contributed by atoms with Crippen LogP contribution in [0.5, 0.6) is 0 Å². The third-order valence-corrected chi connectivity index (χ3v) is 3.53. The molecule has 12 heavy (non-hydrogen) atoms. The van der Waals surface area contributed by atoms with Crippen molar-refractivity contribution < 1.29 is 0 Å². The lowest BCUT2D eigenvalue weighted by molar-refractivity contribution is 0.329. The molecule has 0 amide bonds.